The number of hydrogen-bond donors (Lipinski definition) is 1. The van der Waals surface area contributed by atoms with E-state index in [0.29, 0.717) is 12.1 Å². The molecule has 0 aliphatic heterocycles. The number of carboxylic acid groups (broad SMARTS) is 1. The summed E-state index contributed by atoms with van der Waals surface area (Å²) in [5, 5.41) is 10.6. The summed E-state index contributed by atoms with van der Waals surface area (Å²) in [6.07, 6.45) is 5.26. The fourth-order valence-corrected chi connectivity index (χ4v) is 4.01. The summed E-state index contributed by atoms with van der Waals surface area (Å²) in [7, 11) is 0. The number of aromatic nitrogens is 2. The van der Waals surface area contributed by atoms with Gasteiger partial charge in [0.1, 0.15) is 0 Å². The minimum absolute atomic E-state index is 0.121. The highest BCUT2D eigenvalue weighted by molar-refractivity contribution is 7.99. The maximum absolute atomic E-state index is 11.8. The number of carboxylic acids is 1. The average Bonchev–Trinajstić information content (AvgIpc) is 2.95. The Morgan fingerprint density at radius 3 is 2.44 bits per heavy atom. The van der Waals surface area contributed by atoms with Gasteiger partial charge in [0, 0.05) is 35.6 Å². The third kappa shape index (κ3) is 3.94. The van der Waals surface area contributed by atoms with Gasteiger partial charge in [0.15, 0.2) is 0 Å². The molecule has 4 nitrogen and oxygen atoms in total. The van der Waals surface area contributed by atoms with Crippen molar-refractivity contribution in [1.82, 2.24) is 9.55 Å². The van der Waals surface area contributed by atoms with Crippen molar-refractivity contribution in [3.63, 3.8) is 0 Å². The number of pyridine rings is 1. The Kier molecular flexibility index (Phi) is 5.24. The van der Waals surface area contributed by atoms with Crippen molar-refractivity contribution in [1.29, 1.82) is 0 Å². The van der Waals surface area contributed by atoms with Crippen LogP contribution >= 0.6 is 11.8 Å². The fraction of sp³-hybridized carbons (Fsp3) is 0.200. The van der Waals surface area contributed by atoms with Crippen LogP contribution in [0.2, 0.25) is 0 Å². The molecule has 0 aliphatic carbocycles. The van der Waals surface area contributed by atoms with E-state index in [1.165, 1.54) is 0 Å². The molecule has 0 unspecified atom stereocenters. The van der Waals surface area contributed by atoms with Crippen LogP contribution in [0.3, 0.4) is 0 Å². The van der Waals surface area contributed by atoms with E-state index in [0.717, 1.165) is 21.0 Å². The zero-order valence-corrected chi connectivity index (χ0v) is 15.0. The standard InChI is InChI=1S/C20H20N2O2S/c1-14(2)18-17(20(23)24)13-22(12-15-8-10-21-11-9-15)19(18)25-16-6-4-3-5-7-16/h3-11,13-14H,12H2,1-2H3,(H,23,24). The van der Waals surface area contributed by atoms with Gasteiger partial charge in [0.2, 0.25) is 0 Å². The molecule has 2 aromatic heterocycles. The molecular formula is C20H20N2O2S. The van der Waals surface area contributed by atoms with Crippen molar-refractivity contribution < 1.29 is 9.90 Å². The van der Waals surface area contributed by atoms with Crippen molar-refractivity contribution in [3.8, 4) is 0 Å². The molecule has 5 heteroatoms. The van der Waals surface area contributed by atoms with Crippen molar-refractivity contribution in [2.75, 3.05) is 0 Å². The minimum Gasteiger partial charge on any atom is -0.478 e. The predicted molar refractivity (Wildman–Crippen MR) is 99.4 cm³/mol. The molecular weight excluding hydrogens is 332 g/mol. The van der Waals surface area contributed by atoms with Crippen LogP contribution in [0.25, 0.3) is 0 Å². The largest absolute Gasteiger partial charge is 0.478 e. The van der Waals surface area contributed by atoms with Crippen LogP contribution in [0.5, 0.6) is 0 Å². The van der Waals surface area contributed by atoms with E-state index in [1.807, 2.05) is 60.9 Å². The summed E-state index contributed by atoms with van der Waals surface area (Å²) in [6.45, 7) is 4.69. The quantitative estimate of drug-likeness (QED) is 0.685. The highest BCUT2D eigenvalue weighted by atomic mass is 32.2. The van der Waals surface area contributed by atoms with E-state index in [-0.39, 0.29) is 5.92 Å². The normalized spacial score (nSPS) is 11.0. The summed E-state index contributed by atoms with van der Waals surface area (Å²) < 4.78 is 2.03. The summed E-state index contributed by atoms with van der Waals surface area (Å²) in [6, 6.07) is 13.9. The Balaban J connectivity index is 2.08. The van der Waals surface area contributed by atoms with Crippen LogP contribution in [-0.2, 0) is 6.54 Å². The maximum Gasteiger partial charge on any atom is 0.337 e. The Labute approximate surface area is 151 Å². The minimum atomic E-state index is -0.882. The molecule has 3 rings (SSSR count). The van der Waals surface area contributed by atoms with Gasteiger partial charge in [-0.3, -0.25) is 4.98 Å². The first kappa shape index (κ1) is 17.3. The van der Waals surface area contributed by atoms with E-state index >= 15 is 0 Å². The van der Waals surface area contributed by atoms with Crippen LogP contribution in [0.4, 0.5) is 0 Å². The second-order valence-electron chi connectivity index (χ2n) is 6.12. The van der Waals surface area contributed by atoms with E-state index in [9.17, 15) is 9.90 Å². The topological polar surface area (TPSA) is 55.1 Å². The molecule has 1 aromatic carbocycles. The summed E-state index contributed by atoms with van der Waals surface area (Å²) in [5.41, 5.74) is 2.35. The van der Waals surface area contributed by atoms with Gasteiger partial charge in [-0.05, 0) is 35.7 Å². The zero-order valence-electron chi connectivity index (χ0n) is 14.2. The molecule has 0 fully saturated rings. The van der Waals surface area contributed by atoms with E-state index < -0.39 is 5.97 Å². The van der Waals surface area contributed by atoms with Crippen LogP contribution in [0.1, 0.15) is 41.3 Å². The van der Waals surface area contributed by atoms with Crippen molar-refractivity contribution in [2.24, 2.45) is 0 Å². The summed E-state index contributed by atoms with van der Waals surface area (Å²) in [4.78, 5) is 16.9. The first-order valence-corrected chi connectivity index (χ1v) is 8.96. The number of nitrogens with zero attached hydrogens (tertiary/aromatic N) is 2. The van der Waals surface area contributed by atoms with Crippen LogP contribution in [0.15, 0.2) is 71.0 Å². The number of benzene rings is 1. The summed E-state index contributed by atoms with van der Waals surface area (Å²) >= 11 is 1.61. The Morgan fingerprint density at radius 1 is 1.16 bits per heavy atom. The van der Waals surface area contributed by atoms with Crippen LogP contribution in [0, 0.1) is 0 Å². The lowest BCUT2D eigenvalue weighted by atomic mass is 10.0. The first-order valence-electron chi connectivity index (χ1n) is 8.14. The van der Waals surface area contributed by atoms with Gasteiger partial charge in [0.05, 0.1) is 10.6 Å². The van der Waals surface area contributed by atoms with Crippen LogP contribution in [-0.4, -0.2) is 20.6 Å². The smallest absolute Gasteiger partial charge is 0.337 e. The Morgan fingerprint density at radius 2 is 1.84 bits per heavy atom. The monoisotopic (exact) mass is 352 g/mol. The second-order valence-corrected chi connectivity index (χ2v) is 7.18. The lowest BCUT2D eigenvalue weighted by molar-refractivity contribution is 0.0695. The molecule has 2 heterocycles. The summed E-state index contributed by atoms with van der Waals surface area (Å²) in [5.74, 6) is -0.761. The van der Waals surface area contributed by atoms with Gasteiger partial charge >= 0.3 is 5.97 Å². The molecule has 0 bridgehead atoms. The lowest BCUT2D eigenvalue weighted by Crippen LogP contribution is -2.02. The number of hydrogen-bond acceptors (Lipinski definition) is 3. The molecule has 0 saturated heterocycles. The highest BCUT2D eigenvalue weighted by Crippen LogP contribution is 2.37. The molecule has 0 radical (unpaired) electrons. The molecule has 0 atom stereocenters. The average molecular weight is 352 g/mol. The van der Waals surface area contributed by atoms with Gasteiger partial charge in [-0.15, -0.1) is 0 Å². The molecule has 0 spiro atoms. The van der Waals surface area contributed by atoms with Crippen molar-refractivity contribution in [3.05, 3.63) is 77.7 Å². The van der Waals surface area contributed by atoms with E-state index in [4.69, 9.17) is 0 Å². The third-order valence-electron chi connectivity index (χ3n) is 3.93. The van der Waals surface area contributed by atoms with E-state index in [1.54, 1.807) is 30.4 Å². The molecule has 128 valence electrons. The molecule has 0 aliphatic rings. The fourth-order valence-electron chi connectivity index (χ4n) is 2.80. The maximum atomic E-state index is 11.8. The Hall–Kier alpha value is -2.53. The number of aromatic carboxylic acids is 1. The molecule has 3 aromatic rings. The van der Waals surface area contributed by atoms with Crippen LogP contribution < -0.4 is 0 Å². The van der Waals surface area contributed by atoms with Crippen molar-refractivity contribution in [2.45, 2.75) is 36.2 Å². The first-order chi connectivity index (χ1) is 12.1. The molecule has 0 amide bonds. The SMILES string of the molecule is CC(C)c1c(C(=O)O)cn(Cc2ccncc2)c1Sc1ccccc1. The second kappa shape index (κ2) is 7.57. The van der Waals surface area contributed by atoms with Gasteiger partial charge < -0.3 is 9.67 Å². The molecule has 1 N–H and O–H groups in total. The lowest BCUT2D eigenvalue weighted by Gasteiger charge is -2.13. The third-order valence-corrected chi connectivity index (χ3v) is 5.09. The molecule has 0 saturated carbocycles. The Bertz CT molecular complexity index is 858. The van der Waals surface area contributed by atoms with Crippen molar-refractivity contribution >= 4 is 17.7 Å². The van der Waals surface area contributed by atoms with Gasteiger partial charge in [-0.25, -0.2) is 4.79 Å². The highest BCUT2D eigenvalue weighted by Gasteiger charge is 2.23. The van der Waals surface area contributed by atoms with Gasteiger partial charge in [-0.2, -0.15) is 0 Å². The van der Waals surface area contributed by atoms with Gasteiger partial charge in [-0.1, -0.05) is 43.8 Å². The zero-order chi connectivity index (χ0) is 17.8. The predicted octanol–water partition coefficient (Wildman–Crippen LogP) is 4.90. The van der Waals surface area contributed by atoms with Gasteiger partial charge in [0.25, 0.3) is 0 Å². The number of carbonyl (C=O) groups is 1. The number of rotatable bonds is 6. The molecule has 25 heavy (non-hydrogen) atoms. The van der Waals surface area contributed by atoms with E-state index in [2.05, 4.69) is 4.98 Å².